The van der Waals surface area contributed by atoms with E-state index in [0.29, 0.717) is 17.4 Å². The van der Waals surface area contributed by atoms with Gasteiger partial charge >= 0.3 is 0 Å². The van der Waals surface area contributed by atoms with E-state index in [0.717, 1.165) is 5.69 Å². The molecule has 3 aromatic rings. The minimum absolute atomic E-state index is 0.515. The minimum Gasteiger partial charge on any atom is -0.339 e. The molecule has 5 nitrogen and oxygen atoms in total. The molecule has 0 N–H and O–H groups in total. The van der Waals surface area contributed by atoms with Crippen LogP contribution in [-0.2, 0) is 0 Å². The van der Waals surface area contributed by atoms with Gasteiger partial charge in [-0.15, -0.1) is 0 Å². The summed E-state index contributed by atoms with van der Waals surface area (Å²) in [4.78, 5) is 8.44. The number of nitrogens with zero attached hydrogens (tertiary/aromatic N) is 4. The Kier molecular flexibility index (Phi) is 2.22. The van der Waals surface area contributed by atoms with Crippen LogP contribution >= 0.6 is 0 Å². The van der Waals surface area contributed by atoms with Crippen LogP contribution in [0.15, 0.2) is 47.4 Å². The third-order valence-electron chi connectivity index (χ3n) is 2.41. The van der Waals surface area contributed by atoms with Crippen molar-refractivity contribution in [3.63, 3.8) is 0 Å². The lowest BCUT2D eigenvalue weighted by Crippen LogP contribution is -1.92. The second-order valence-corrected chi connectivity index (χ2v) is 3.63. The van der Waals surface area contributed by atoms with E-state index in [1.54, 1.807) is 13.1 Å². The summed E-state index contributed by atoms with van der Waals surface area (Å²) in [6.45, 7) is 1.75. The van der Waals surface area contributed by atoms with Crippen molar-refractivity contribution in [1.29, 1.82) is 0 Å². The molecule has 0 aliphatic carbocycles. The van der Waals surface area contributed by atoms with Gasteiger partial charge in [0.2, 0.25) is 11.7 Å². The zero-order chi connectivity index (χ0) is 11.7. The lowest BCUT2D eigenvalue weighted by atomic mass is 10.3. The molecule has 0 unspecified atom stereocenters. The van der Waals surface area contributed by atoms with E-state index in [4.69, 9.17) is 4.52 Å². The highest BCUT2D eigenvalue weighted by atomic mass is 16.5. The molecule has 3 aromatic heterocycles. The van der Waals surface area contributed by atoms with Gasteiger partial charge in [-0.05, 0) is 24.3 Å². The van der Waals surface area contributed by atoms with Crippen molar-refractivity contribution >= 4 is 0 Å². The maximum absolute atomic E-state index is 4.92. The number of pyridine rings is 1. The van der Waals surface area contributed by atoms with Gasteiger partial charge in [0.05, 0.1) is 11.9 Å². The normalized spacial score (nSPS) is 10.6. The molecule has 0 spiro atoms. The van der Waals surface area contributed by atoms with E-state index in [1.807, 2.05) is 41.2 Å². The highest BCUT2D eigenvalue weighted by Gasteiger charge is 2.06. The van der Waals surface area contributed by atoms with Crippen molar-refractivity contribution in [2.75, 3.05) is 0 Å². The van der Waals surface area contributed by atoms with Crippen LogP contribution in [-0.4, -0.2) is 19.7 Å². The molecule has 3 rings (SSSR count). The van der Waals surface area contributed by atoms with E-state index in [-0.39, 0.29) is 0 Å². The van der Waals surface area contributed by atoms with Gasteiger partial charge in [0.15, 0.2) is 0 Å². The maximum atomic E-state index is 4.92. The summed E-state index contributed by atoms with van der Waals surface area (Å²) >= 11 is 0. The zero-order valence-corrected chi connectivity index (χ0v) is 9.24. The molecule has 17 heavy (non-hydrogen) atoms. The second-order valence-electron chi connectivity index (χ2n) is 3.63. The molecule has 0 saturated carbocycles. The topological polar surface area (TPSA) is 56.7 Å². The van der Waals surface area contributed by atoms with E-state index in [1.165, 1.54) is 0 Å². The van der Waals surface area contributed by atoms with Crippen LogP contribution in [0.2, 0.25) is 0 Å². The van der Waals surface area contributed by atoms with Crippen LogP contribution in [0.3, 0.4) is 0 Å². The third-order valence-corrected chi connectivity index (χ3v) is 2.41. The lowest BCUT2D eigenvalue weighted by Gasteiger charge is -2.01. The molecule has 0 aromatic carbocycles. The second kappa shape index (κ2) is 3.86. The molecule has 0 atom stereocenters. The first kappa shape index (κ1) is 9.77. The number of hydrogen-bond donors (Lipinski definition) is 0. The zero-order valence-electron chi connectivity index (χ0n) is 9.24. The molecule has 84 valence electrons. The molecule has 0 aliphatic heterocycles. The first-order valence-corrected chi connectivity index (χ1v) is 5.23. The van der Waals surface area contributed by atoms with Crippen LogP contribution in [0.1, 0.15) is 5.89 Å². The molecule has 0 saturated heterocycles. The van der Waals surface area contributed by atoms with E-state index in [2.05, 4.69) is 15.1 Å². The highest BCUT2D eigenvalue weighted by Crippen LogP contribution is 2.14. The van der Waals surface area contributed by atoms with Crippen molar-refractivity contribution in [1.82, 2.24) is 19.7 Å². The van der Waals surface area contributed by atoms with Gasteiger partial charge in [0.25, 0.3) is 0 Å². The fourth-order valence-corrected chi connectivity index (χ4v) is 1.58. The van der Waals surface area contributed by atoms with Gasteiger partial charge in [0, 0.05) is 19.3 Å². The number of aromatic nitrogens is 4. The first-order chi connectivity index (χ1) is 8.33. The van der Waals surface area contributed by atoms with E-state index < -0.39 is 0 Å². The lowest BCUT2D eigenvalue weighted by molar-refractivity contribution is 0.394. The van der Waals surface area contributed by atoms with E-state index >= 15 is 0 Å². The number of aryl methyl sites for hydroxylation is 1. The van der Waals surface area contributed by atoms with Crippen LogP contribution in [0.4, 0.5) is 0 Å². The van der Waals surface area contributed by atoms with Gasteiger partial charge in [-0.1, -0.05) is 5.16 Å². The molecule has 0 aliphatic rings. The summed E-state index contributed by atoms with van der Waals surface area (Å²) in [7, 11) is 0. The van der Waals surface area contributed by atoms with Crippen LogP contribution < -0.4 is 0 Å². The average Bonchev–Trinajstić information content (AvgIpc) is 3.00. The molecule has 0 bridgehead atoms. The molecule has 5 heteroatoms. The Morgan fingerprint density at radius 2 is 2.00 bits per heavy atom. The van der Waals surface area contributed by atoms with Crippen molar-refractivity contribution in [2.45, 2.75) is 6.92 Å². The average molecular weight is 226 g/mol. The smallest absolute Gasteiger partial charge is 0.223 e. The Bertz CT molecular complexity index is 610. The van der Waals surface area contributed by atoms with Gasteiger partial charge < -0.3 is 9.09 Å². The molecular weight excluding hydrogens is 216 g/mol. The summed E-state index contributed by atoms with van der Waals surface area (Å²) in [6.07, 6.45) is 5.71. The fraction of sp³-hybridized carbons (Fsp3) is 0.0833. The molecule has 0 radical (unpaired) electrons. The number of rotatable bonds is 2. The number of hydrogen-bond acceptors (Lipinski definition) is 4. The summed E-state index contributed by atoms with van der Waals surface area (Å²) in [5.41, 5.74) is 1.71. The predicted molar refractivity (Wildman–Crippen MR) is 61.6 cm³/mol. The Morgan fingerprint density at radius 1 is 1.18 bits per heavy atom. The maximum Gasteiger partial charge on any atom is 0.223 e. The van der Waals surface area contributed by atoms with Crippen LogP contribution in [0.25, 0.3) is 17.2 Å². The van der Waals surface area contributed by atoms with Gasteiger partial charge in [-0.3, -0.25) is 4.98 Å². The van der Waals surface area contributed by atoms with Crippen LogP contribution in [0, 0.1) is 6.92 Å². The summed E-state index contributed by atoms with van der Waals surface area (Å²) in [5.74, 6) is 1.05. The highest BCUT2D eigenvalue weighted by molar-refractivity contribution is 5.50. The first-order valence-electron chi connectivity index (χ1n) is 5.23. The van der Waals surface area contributed by atoms with Gasteiger partial charge in [-0.2, -0.15) is 4.98 Å². The standard InChI is InChI=1S/C12H10N4O/c1-9-14-12(15-17-9)11-5-4-10(8-13-11)16-6-2-3-7-16/h2-8H,1H3. The van der Waals surface area contributed by atoms with Crippen molar-refractivity contribution in [3.8, 4) is 17.2 Å². The predicted octanol–water partition coefficient (Wildman–Crippen LogP) is 2.23. The minimum atomic E-state index is 0.515. The van der Waals surface area contributed by atoms with Crippen LogP contribution in [0.5, 0.6) is 0 Å². The molecule has 0 fully saturated rings. The third kappa shape index (κ3) is 1.82. The van der Waals surface area contributed by atoms with E-state index in [9.17, 15) is 0 Å². The quantitative estimate of drug-likeness (QED) is 0.672. The Labute approximate surface area is 97.7 Å². The van der Waals surface area contributed by atoms with Crippen molar-refractivity contribution < 1.29 is 4.52 Å². The summed E-state index contributed by atoms with van der Waals surface area (Å²) in [6, 6.07) is 7.78. The Balaban J connectivity index is 1.95. The molecular formula is C12H10N4O. The summed E-state index contributed by atoms with van der Waals surface area (Å²) < 4.78 is 6.90. The fourth-order valence-electron chi connectivity index (χ4n) is 1.58. The summed E-state index contributed by atoms with van der Waals surface area (Å²) in [5, 5.41) is 3.82. The van der Waals surface area contributed by atoms with Gasteiger partial charge in [-0.25, -0.2) is 0 Å². The van der Waals surface area contributed by atoms with Crippen molar-refractivity contribution in [3.05, 3.63) is 48.7 Å². The molecule has 3 heterocycles. The van der Waals surface area contributed by atoms with Gasteiger partial charge in [0.1, 0.15) is 5.69 Å². The molecule has 0 amide bonds. The largest absolute Gasteiger partial charge is 0.339 e. The Morgan fingerprint density at radius 3 is 2.59 bits per heavy atom. The Hall–Kier alpha value is -2.43. The monoisotopic (exact) mass is 226 g/mol. The SMILES string of the molecule is Cc1nc(-c2ccc(-n3cccc3)cn2)no1. The van der Waals surface area contributed by atoms with Crippen molar-refractivity contribution in [2.24, 2.45) is 0 Å².